The van der Waals surface area contributed by atoms with Crippen molar-refractivity contribution in [2.24, 2.45) is 0 Å². The largest absolute Gasteiger partial charge is 0.345 e. The SMILES string of the molecule is O=C(NCc1ccccn1)c1csc(C2CN(CCc3nc4ccccc4[nH]3)C2)n1. The summed E-state index contributed by atoms with van der Waals surface area (Å²) in [7, 11) is 0. The fraction of sp³-hybridized carbons (Fsp3) is 0.273. The minimum Gasteiger partial charge on any atom is -0.345 e. The van der Waals surface area contributed by atoms with Crippen LogP contribution in [0.3, 0.4) is 0 Å². The Bertz CT molecular complexity index is 1120. The third-order valence-electron chi connectivity index (χ3n) is 5.32. The number of nitrogens with one attached hydrogen (secondary N) is 2. The number of pyridine rings is 1. The fourth-order valence-electron chi connectivity index (χ4n) is 3.64. The number of fused-ring (bicyclic) bond motifs is 1. The summed E-state index contributed by atoms with van der Waals surface area (Å²) in [6.07, 6.45) is 2.62. The van der Waals surface area contributed by atoms with Gasteiger partial charge in [-0.05, 0) is 24.3 Å². The zero-order valence-electron chi connectivity index (χ0n) is 16.4. The summed E-state index contributed by atoms with van der Waals surface area (Å²) in [6.45, 7) is 3.33. The first-order valence-electron chi connectivity index (χ1n) is 10.0. The van der Waals surface area contributed by atoms with Gasteiger partial charge in [-0.1, -0.05) is 18.2 Å². The first-order chi connectivity index (χ1) is 14.7. The third kappa shape index (κ3) is 4.10. The molecular weight excluding hydrogens is 396 g/mol. The molecule has 1 amide bonds. The van der Waals surface area contributed by atoms with Gasteiger partial charge in [0, 0.05) is 43.5 Å². The summed E-state index contributed by atoms with van der Waals surface area (Å²) in [6, 6.07) is 13.8. The average molecular weight is 419 g/mol. The number of H-pyrrole nitrogens is 1. The Hall–Kier alpha value is -3.10. The van der Waals surface area contributed by atoms with Crippen molar-refractivity contribution in [1.29, 1.82) is 0 Å². The molecule has 0 bridgehead atoms. The molecule has 0 spiro atoms. The van der Waals surface area contributed by atoms with Crippen molar-refractivity contribution >= 4 is 28.3 Å². The van der Waals surface area contributed by atoms with Crippen LogP contribution < -0.4 is 5.32 Å². The van der Waals surface area contributed by atoms with Crippen molar-refractivity contribution in [1.82, 2.24) is 30.2 Å². The lowest BCUT2D eigenvalue weighted by Gasteiger charge is -2.37. The number of nitrogens with zero attached hydrogens (tertiary/aromatic N) is 4. The number of hydrogen-bond donors (Lipinski definition) is 2. The molecule has 4 heterocycles. The van der Waals surface area contributed by atoms with E-state index < -0.39 is 0 Å². The van der Waals surface area contributed by atoms with Crippen molar-refractivity contribution in [2.45, 2.75) is 18.9 Å². The van der Waals surface area contributed by atoms with Gasteiger partial charge in [0.1, 0.15) is 11.5 Å². The molecule has 1 aliphatic rings. The van der Waals surface area contributed by atoms with Crippen molar-refractivity contribution in [2.75, 3.05) is 19.6 Å². The predicted octanol–water partition coefficient (Wildman–Crippen LogP) is 2.99. The highest BCUT2D eigenvalue weighted by Crippen LogP contribution is 2.29. The van der Waals surface area contributed by atoms with E-state index in [0.29, 0.717) is 18.2 Å². The monoisotopic (exact) mass is 418 g/mol. The number of carbonyl (C=O) groups excluding carboxylic acids is 1. The first kappa shape index (κ1) is 18.9. The molecule has 0 unspecified atom stereocenters. The smallest absolute Gasteiger partial charge is 0.271 e. The van der Waals surface area contributed by atoms with Crippen molar-refractivity contribution < 1.29 is 4.79 Å². The number of aromatic nitrogens is 4. The van der Waals surface area contributed by atoms with Gasteiger partial charge in [0.2, 0.25) is 0 Å². The lowest BCUT2D eigenvalue weighted by atomic mass is 10.0. The van der Waals surface area contributed by atoms with Gasteiger partial charge in [-0.25, -0.2) is 9.97 Å². The minimum atomic E-state index is -0.149. The molecule has 0 atom stereocenters. The summed E-state index contributed by atoms with van der Waals surface area (Å²) >= 11 is 1.57. The van der Waals surface area contributed by atoms with Crippen molar-refractivity contribution in [3.8, 4) is 0 Å². The molecule has 1 saturated heterocycles. The highest BCUT2D eigenvalue weighted by Gasteiger charge is 2.30. The molecule has 30 heavy (non-hydrogen) atoms. The van der Waals surface area contributed by atoms with Crippen LogP contribution >= 0.6 is 11.3 Å². The standard InChI is InChI=1S/C22H22N6OS/c29-21(24-11-16-5-3-4-9-23-16)19-14-30-22(27-19)15-12-28(13-15)10-8-20-25-17-6-1-2-7-18(17)26-20/h1-7,9,14-15H,8,10-13H2,(H,24,29)(H,25,26). The average Bonchev–Trinajstić information content (AvgIpc) is 3.38. The first-order valence-corrected chi connectivity index (χ1v) is 10.9. The zero-order valence-corrected chi connectivity index (χ0v) is 17.2. The number of amides is 1. The topological polar surface area (TPSA) is 86.8 Å². The molecule has 1 fully saturated rings. The molecule has 0 aliphatic carbocycles. The van der Waals surface area contributed by atoms with E-state index >= 15 is 0 Å². The van der Waals surface area contributed by atoms with Gasteiger partial charge in [0.05, 0.1) is 28.3 Å². The van der Waals surface area contributed by atoms with E-state index in [-0.39, 0.29) is 5.91 Å². The maximum absolute atomic E-state index is 12.3. The van der Waals surface area contributed by atoms with Gasteiger partial charge in [-0.3, -0.25) is 9.78 Å². The van der Waals surface area contributed by atoms with Gasteiger partial charge in [0.25, 0.3) is 5.91 Å². The molecule has 0 saturated carbocycles. The molecule has 8 heteroatoms. The number of carbonyl (C=O) groups is 1. The van der Waals surface area contributed by atoms with Crippen LogP contribution in [0.5, 0.6) is 0 Å². The van der Waals surface area contributed by atoms with Gasteiger partial charge >= 0.3 is 0 Å². The maximum atomic E-state index is 12.3. The number of likely N-dealkylation sites (tertiary alicyclic amines) is 1. The third-order valence-corrected chi connectivity index (χ3v) is 6.33. The van der Waals surface area contributed by atoms with Gasteiger partial charge in [0.15, 0.2) is 0 Å². The summed E-state index contributed by atoms with van der Waals surface area (Å²) in [5.74, 6) is 1.29. The van der Waals surface area contributed by atoms with Gasteiger partial charge in [-0.2, -0.15) is 0 Å². The fourth-order valence-corrected chi connectivity index (χ4v) is 4.52. The van der Waals surface area contributed by atoms with Crippen LogP contribution in [-0.4, -0.2) is 50.4 Å². The molecule has 3 aromatic heterocycles. The highest BCUT2D eigenvalue weighted by molar-refractivity contribution is 7.10. The molecule has 1 aliphatic heterocycles. The zero-order chi connectivity index (χ0) is 20.3. The van der Waals surface area contributed by atoms with Crippen LogP contribution in [0.15, 0.2) is 54.0 Å². The van der Waals surface area contributed by atoms with Crippen LogP contribution in [0.4, 0.5) is 0 Å². The molecule has 1 aromatic carbocycles. The second-order valence-corrected chi connectivity index (χ2v) is 8.37. The Labute approximate surface area is 178 Å². The molecular formula is C22H22N6OS. The Morgan fingerprint density at radius 2 is 2.03 bits per heavy atom. The molecule has 5 rings (SSSR count). The minimum absolute atomic E-state index is 0.149. The Kier molecular flexibility index (Phi) is 5.25. The molecule has 152 valence electrons. The summed E-state index contributed by atoms with van der Waals surface area (Å²) in [5.41, 5.74) is 3.43. The summed E-state index contributed by atoms with van der Waals surface area (Å²) in [5, 5.41) is 5.77. The van der Waals surface area contributed by atoms with Crippen LogP contribution in [0.25, 0.3) is 11.0 Å². The van der Waals surface area contributed by atoms with E-state index in [1.807, 2.05) is 41.8 Å². The van der Waals surface area contributed by atoms with E-state index in [1.54, 1.807) is 17.5 Å². The Morgan fingerprint density at radius 1 is 1.17 bits per heavy atom. The summed E-state index contributed by atoms with van der Waals surface area (Å²) < 4.78 is 0. The van der Waals surface area contributed by atoms with Gasteiger partial charge in [-0.15, -0.1) is 11.3 Å². The number of thiazole rings is 1. The number of aromatic amines is 1. The van der Waals surface area contributed by atoms with Crippen LogP contribution in [0.2, 0.25) is 0 Å². The number of para-hydroxylation sites is 2. The van der Waals surface area contributed by atoms with E-state index in [4.69, 9.17) is 0 Å². The van der Waals surface area contributed by atoms with Gasteiger partial charge < -0.3 is 15.2 Å². The van der Waals surface area contributed by atoms with E-state index in [0.717, 1.165) is 53.6 Å². The van der Waals surface area contributed by atoms with Crippen LogP contribution in [0.1, 0.15) is 32.9 Å². The lowest BCUT2D eigenvalue weighted by Crippen LogP contribution is -2.45. The predicted molar refractivity (Wildman–Crippen MR) is 116 cm³/mol. The Balaban J connectivity index is 1.09. The molecule has 0 radical (unpaired) electrons. The normalized spacial score (nSPS) is 14.7. The molecule has 4 aromatic rings. The molecule has 2 N–H and O–H groups in total. The highest BCUT2D eigenvalue weighted by atomic mass is 32.1. The number of benzene rings is 1. The van der Waals surface area contributed by atoms with Crippen LogP contribution in [0, 0.1) is 0 Å². The number of hydrogen-bond acceptors (Lipinski definition) is 6. The lowest BCUT2D eigenvalue weighted by molar-refractivity contribution is 0.0945. The number of imidazole rings is 1. The van der Waals surface area contributed by atoms with Crippen LogP contribution in [-0.2, 0) is 13.0 Å². The number of rotatable bonds is 7. The second kappa shape index (κ2) is 8.33. The second-order valence-electron chi connectivity index (χ2n) is 7.48. The Morgan fingerprint density at radius 3 is 2.87 bits per heavy atom. The van der Waals surface area contributed by atoms with Crippen molar-refractivity contribution in [3.63, 3.8) is 0 Å². The molecule has 7 nitrogen and oxygen atoms in total. The van der Waals surface area contributed by atoms with E-state index in [1.165, 1.54) is 0 Å². The van der Waals surface area contributed by atoms with E-state index in [2.05, 4.69) is 36.2 Å². The quantitative estimate of drug-likeness (QED) is 0.482. The summed E-state index contributed by atoms with van der Waals surface area (Å²) in [4.78, 5) is 31.6. The maximum Gasteiger partial charge on any atom is 0.271 e. The van der Waals surface area contributed by atoms with E-state index in [9.17, 15) is 4.79 Å². The van der Waals surface area contributed by atoms with Crippen molar-refractivity contribution in [3.05, 3.63) is 76.3 Å².